The van der Waals surface area contributed by atoms with Gasteiger partial charge >= 0.3 is 0 Å². The van der Waals surface area contributed by atoms with E-state index >= 15 is 0 Å². The Morgan fingerprint density at radius 1 is 1.36 bits per heavy atom. The Hall–Kier alpha value is -1.22. The topological polar surface area (TPSA) is 49.5 Å². The van der Waals surface area contributed by atoms with E-state index in [1.54, 1.807) is 0 Å². The van der Waals surface area contributed by atoms with E-state index in [1.807, 2.05) is 31.2 Å². The molecule has 14 heavy (non-hydrogen) atoms. The molecular formula is C11H18N2O. The highest BCUT2D eigenvalue weighted by Gasteiger charge is 2.10. The third kappa shape index (κ3) is 2.39. The lowest BCUT2D eigenvalue weighted by atomic mass is 10.2. The van der Waals surface area contributed by atoms with Gasteiger partial charge in [-0.2, -0.15) is 0 Å². The summed E-state index contributed by atoms with van der Waals surface area (Å²) in [7, 11) is 0. The molecule has 0 radical (unpaired) electrons. The molecule has 0 heterocycles. The zero-order chi connectivity index (χ0) is 10.6. The number of benzene rings is 1. The minimum Gasteiger partial charge on any atom is -0.399 e. The van der Waals surface area contributed by atoms with Crippen molar-refractivity contribution in [2.24, 2.45) is 0 Å². The number of nitrogens with two attached hydrogens (primary N) is 1. The first-order valence-electron chi connectivity index (χ1n) is 4.92. The van der Waals surface area contributed by atoms with Crippen LogP contribution in [0.15, 0.2) is 24.3 Å². The van der Waals surface area contributed by atoms with E-state index in [9.17, 15) is 0 Å². The van der Waals surface area contributed by atoms with E-state index in [4.69, 9.17) is 10.8 Å². The maximum absolute atomic E-state index is 9.09. The van der Waals surface area contributed by atoms with Crippen molar-refractivity contribution in [1.29, 1.82) is 0 Å². The van der Waals surface area contributed by atoms with Gasteiger partial charge in [0.2, 0.25) is 0 Å². The number of anilines is 2. The van der Waals surface area contributed by atoms with Crippen LogP contribution in [-0.4, -0.2) is 24.3 Å². The predicted octanol–water partition coefficient (Wildman–Crippen LogP) is 1.48. The van der Waals surface area contributed by atoms with Crippen LogP contribution in [0.4, 0.5) is 11.4 Å². The summed E-state index contributed by atoms with van der Waals surface area (Å²) < 4.78 is 0. The molecule has 0 aromatic heterocycles. The predicted molar refractivity (Wildman–Crippen MR) is 60.4 cm³/mol. The summed E-state index contributed by atoms with van der Waals surface area (Å²) in [6, 6.07) is 7.85. The zero-order valence-corrected chi connectivity index (χ0v) is 8.77. The highest BCUT2D eigenvalue weighted by molar-refractivity contribution is 5.53. The van der Waals surface area contributed by atoms with Crippen LogP contribution in [0.2, 0.25) is 0 Å². The number of nitrogens with zero attached hydrogens (tertiary/aromatic N) is 1. The van der Waals surface area contributed by atoms with Crippen molar-refractivity contribution in [1.82, 2.24) is 0 Å². The second-order valence-corrected chi connectivity index (χ2v) is 3.41. The molecule has 78 valence electrons. The molecule has 1 rings (SSSR count). The van der Waals surface area contributed by atoms with E-state index in [2.05, 4.69) is 11.8 Å². The molecule has 0 amide bonds. The van der Waals surface area contributed by atoms with Crippen molar-refractivity contribution < 1.29 is 5.11 Å². The van der Waals surface area contributed by atoms with Crippen LogP contribution < -0.4 is 10.6 Å². The van der Waals surface area contributed by atoms with Crippen molar-refractivity contribution >= 4 is 11.4 Å². The molecule has 0 saturated heterocycles. The molecule has 3 heteroatoms. The summed E-state index contributed by atoms with van der Waals surface area (Å²) in [6.45, 7) is 5.12. The van der Waals surface area contributed by atoms with Crippen LogP contribution in [0.3, 0.4) is 0 Å². The third-order valence-electron chi connectivity index (χ3n) is 2.36. The van der Waals surface area contributed by atoms with Gasteiger partial charge in [-0.15, -0.1) is 0 Å². The van der Waals surface area contributed by atoms with Gasteiger partial charge < -0.3 is 15.7 Å². The largest absolute Gasteiger partial charge is 0.399 e. The highest BCUT2D eigenvalue weighted by atomic mass is 16.3. The van der Waals surface area contributed by atoms with Gasteiger partial charge in [0.05, 0.1) is 6.61 Å². The third-order valence-corrected chi connectivity index (χ3v) is 2.36. The van der Waals surface area contributed by atoms with E-state index in [0.29, 0.717) is 0 Å². The van der Waals surface area contributed by atoms with Crippen molar-refractivity contribution in [3.8, 4) is 0 Å². The van der Waals surface area contributed by atoms with Crippen LogP contribution in [0.25, 0.3) is 0 Å². The number of aliphatic hydroxyl groups is 1. The first kappa shape index (κ1) is 10.9. The van der Waals surface area contributed by atoms with Crippen molar-refractivity contribution in [3.63, 3.8) is 0 Å². The fourth-order valence-electron chi connectivity index (χ4n) is 1.51. The lowest BCUT2D eigenvalue weighted by Crippen LogP contribution is -2.35. The van der Waals surface area contributed by atoms with E-state index in [1.165, 1.54) is 0 Å². The normalized spacial score (nSPS) is 12.5. The average molecular weight is 194 g/mol. The summed E-state index contributed by atoms with van der Waals surface area (Å²) >= 11 is 0. The highest BCUT2D eigenvalue weighted by Crippen LogP contribution is 2.18. The van der Waals surface area contributed by atoms with E-state index < -0.39 is 0 Å². The molecule has 3 N–H and O–H groups in total. The fraction of sp³-hybridized carbons (Fsp3) is 0.455. The second-order valence-electron chi connectivity index (χ2n) is 3.41. The Morgan fingerprint density at radius 2 is 1.93 bits per heavy atom. The Kier molecular flexibility index (Phi) is 3.77. The van der Waals surface area contributed by atoms with Crippen molar-refractivity contribution in [2.45, 2.75) is 19.9 Å². The molecule has 3 nitrogen and oxygen atoms in total. The second kappa shape index (κ2) is 4.86. The van der Waals surface area contributed by atoms with Gasteiger partial charge in [-0.1, -0.05) is 0 Å². The molecule has 0 aliphatic heterocycles. The Labute approximate surface area is 85.2 Å². The maximum Gasteiger partial charge on any atom is 0.0632 e. The lowest BCUT2D eigenvalue weighted by Gasteiger charge is -2.28. The van der Waals surface area contributed by atoms with E-state index in [-0.39, 0.29) is 12.6 Å². The summed E-state index contributed by atoms with van der Waals surface area (Å²) in [4.78, 5) is 2.14. The van der Waals surface area contributed by atoms with Crippen LogP contribution in [0.5, 0.6) is 0 Å². The van der Waals surface area contributed by atoms with Crippen molar-refractivity contribution in [2.75, 3.05) is 23.8 Å². The van der Waals surface area contributed by atoms with Crippen molar-refractivity contribution in [3.05, 3.63) is 24.3 Å². The molecule has 1 aromatic carbocycles. The number of hydrogen-bond acceptors (Lipinski definition) is 3. The zero-order valence-electron chi connectivity index (χ0n) is 8.77. The molecular weight excluding hydrogens is 176 g/mol. The van der Waals surface area contributed by atoms with Crippen LogP contribution in [0.1, 0.15) is 13.8 Å². The number of likely N-dealkylation sites (N-methyl/N-ethyl adjacent to an activating group) is 1. The Balaban J connectivity index is 2.84. The molecule has 1 atom stereocenters. The molecule has 0 bridgehead atoms. The minimum atomic E-state index is 0.142. The minimum absolute atomic E-state index is 0.142. The van der Waals surface area contributed by atoms with Gasteiger partial charge in [-0.25, -0.2) is 0 Å². The lowest BCUT2D eigenvalue weighted by molar-refractivity contribution is 0.267. The van der Waals surface area contributed by atoms with Crippen LogP contribution in [0, 0.1) is 0 Å². The maximum atomic E-state index is 9.09. The summed E-state index contributed by atoms with van der Waals surface area (Å²) in [5.41, 5.74) is 7.47. The quantitative estimate of drug-likeness (QED) is 0.714. The monoisotopic (exact) mass is 194 g/mol. The van der Waals surface area contributed by atoms with Crippen LogP contribution in [-0.2, 0) is 0 Å². The smallest absolute Gasteiger partial charge is 0.0632 e. The van der Waals surface area contributed by atoms with Gasteiger partial charge in [0.25, 0.3) is 0 Å². The summed E-state index contributed by atoms with van der Waals surface area (Å²) in [5.74, 6) is 0. The Morgan fingerprint density at radius 3 is 2.36 bits per heavy atom. The first-order chi connectivity index (χ1) is 6.69. The van der Waals surface area contributed by atoms with Gasteiger partial charge in [0, 0.05) is 24.0 Å². The number of hydrogen-bond donors (Lipinski definition) is 2. The summed E-state index contributed by atoms with van der Waals surface area (Å²) in [5, 5.41) is 9.09. The van der Waals surface area contributed by atoms with Gasteiger partial charge in [0.15, 0.2) is 0 Å². The average Bonchev–Trinajstić information content (AvgIpc) is 2.21. The Bertz CT molecular complexity index is 271. The first-order valence-corrected chi connectivity index (χ1v) is 4.92. The van der Waals surface area contributed by atoms with Gasteiger partial charge in [-0.05, 0) is 38.1 Å². The molecule has 0 aliphatic rings. The van der Waals surface area contributed by atoms with Gasteiger partial charge in [0.1, 0.15) is 0 Å². The summed E-state index contributed by atoms with van der Waals surface area (Å²) in [6.07, 6.45) is 0. The fourth-order valence-corrected chi connectivity index (χ4v) is 1.51. The number of nitrogen functional groups attached to an aromatic ring is 1. The molecule has 0 fully saturated rings. The standard InChI is InChI=1S/C11H18N2O/c1-3-13(9(2)8-14)11-6-4-10(12)5-7-11/h4-7,9,14H,3,8,12H2,1-2H3. The van der Waals surface area contributed by atoms with Crippen LogP contribution >= 0.6 is 0 Å². The molecule has 1 aromatic rings. The van der Waals surface area contributed by atoms with E-state index in [0.717, 1.165) is 17.9 Å². The molecule has 1 unspecified atom stereocenters. The number of aliphatic hydroxyl groups excluding tert-OH is 1. The molecule has 0 saturated carbocycles. The molecule has 0 aliphatic carbocycles. The molecule has 0 spiro atoms. The number of rotatable bonds is 4. The van der Waals surface area contributed by atoms with Gasteiger partial charge in [-0.3, -0.25) is 0 Å². The SMILES string of the molecule is CCN(c1ccc(N)cc1)C(C)CO.